The highest BCUT2D eigenvalue weighted by molar-refractivity contribution is 6.71. The van der Waals surface area contributed by atoms with E-state index in [-0.39, 0.29) is 11.9 Å². The summed E-state index contributed by atoms with van der Waals surface area (Å²) in [4.78, 5) is 11.6. The molecule has 78 valence electrons. The summed E-state index contributed by atoms with van der Waals surface area (Å²) in [6, 6.07) is 0. The van der Waals surface area contributed by atoms with Gasteiger partial charge in [-0.3, -0.25) is 4.79 Å². The lowest BCUT2D eigenvalue weighted by molar-refractivity contribution is -0.140. The van der Waals surface area contributed by atoms with Crippen molar-refractivity contribution in [1.29, 1.82) is 0 Å². The third-order valence-electron chi connectivity index (χ3n) is 1.87. The summed E-state index contributed by atoms with van der Waals surface area (Å²) < 4.78 is 5.44. The first-order chi connectivity index (χ1) is 5.90. The highest BCUT2D eigenvalue weighted by atomic mass is 28.4. The maximum atomic E-state index is 11.6. The van der Waals surface area contributed by atoms with Crippen LogP contribution in [0.25, 0.3) is 0 Å². The average Bonchev–Trinajstić information content (AvgIpc) is 1.96. The molecule has 0 radical (unpaired) electrons. The zero-order valence-electron chi connectivity index (χ0n) is 9.52. The van der Waals surface area contributed by atoms with Gasteiger partial charge in [-0.1, -0.05) is 20.3 Å². The SMILES string of the molecule is CCCC(CC)C(=O)O[Si](C)(C)C. The second-order valence-corrected chi connectivity index (χ2v) is 8.86. The van der Waals surface area contributed by atoms with Gasteiger partial charge in [-0.15, -0.1) is 0 Å². The Balaban J connectivity index is 4.06. The first-order valence-electron chi connectivity index (χ1n) is 5.13. The summed E-state index contributed by atoms with van der Waals surface area (Å²) in [5.41, 5.74) is 0. The van der Waals surface area contributed by atoms with Gasteiger partial charge in [0.2, 0.25) is 8.32 Å². The molecule has 0 aliphatic carbocycles. The van der Waals surface area contributed by atoms with Crippen LogP contribution in [0.3, 0.4) is 0 Å². The average molecular weight is 202 g/mol. The maximum Gasteiger partial charge on any atom is 0.295 e. The Hall–Kier alpha value is -0.313. The minimum absolute atomic E-state index is 0.0171. The molecular weight excluding hydrogens is 180 g/mol. The van der Waals surface area contributed by atoms with Gasteiger partial charge < -0.3 is 4.43 Å². The van der Waals surface area contributed by atoms with Gasteiger partial charge in [0, 0.05) is 0 Å². The molecule has 2 nitrogen and oxygen atoms in total. The Bertz CT molecular complexity index is 161. The lowest BCUT2D eigenvalue weighted by Crippen LogP contribution is -2.32. The Morgan fingerprint density at radius 3 is 2.15 bits per heavy atom. The standard InChI is InChI=1S/C10H22O2Si/c1-6-8-9(7-2)10(11)12-13(3,4)5/h9H,6-8H2,1-5H3. The van der Waals surface area contributed by atoms with E-state index < -0.39 is 8.32 Å². The van der Waals surface area contributed by atoms with E-state index in [4.69, 9.17) is 4.43 Å². The van der Waals surface area contributed by atoms with Crippen molar-refractivity contribution >= 4 is 14.3 Å². The van der Waals surface area contributed by atoms with Crippen LogP contribution < -0.4 is 0 Å². The van der Waals surface area contributed by atoms with Crippen molar-refractivity contribution in [2.24, 2.45) is 5.92 Å². The lowest BCUT2D eigenvalue weighted by atomic mass is 10.0. The van der Waals surface area contributed by atoms with Crippen molar-refractivity contribution in [3.8, 4) is 0 Å². The van der Waals surface area contributed by atoms with Crippen LogP contribution in [0.5, 0.6) is 0 Å². The number of hydrogen-bond donors (Lipinski definition) is 0. The molecule has 1 unspecified atom stereocenters. The second kappa shape index (κ2) is 5.42. The van der Waals surface area contributed by atoms with Crippen molar-refractivity contribution in [2.75, 3.05) is 0 Å². The van der Waals surface area contributed by atoms with Gasteiger partial charge >= 0.3 is 0 Å². The van der Waals surface area contributed by atoms with Crippen LogP contribution in [0.4, 0.5) is 0 Å². The summed E-state index contributed by atoms with van der Waals surface area (Å²) in [5, 5.41) is 0. The first-order valence-corrected chi connectivity index (χ1v) is 8.54. The molecule has 0 heterocycles. The molecule has 0 rings (SSSR count). The zero-order valence-corrected chi connectivity index (χ0v) is 10.5. The minimum atomic E-state index is -1.68. The molecule has 0 fully saturated rings. The molecule has 3 heteroatoms. The number of hydrogen-bond acceptors (Lipinski definition) is 2. The van der Waals surface area contributed by atoms with Gasteiger partial charge in [0.05, 0.1) is 5.92 Å². The second-order valence-electron chi connectivity index (χ2n) is 4.43. The molecule has 0 aliphatic rings. The van der Waals surface area contributed by atoms with Gasteiger partial charge in [0.1, 0.15) is 0 Å². The lowest BCUT2D eigenvalue weighted by Gasteiger charge is -2.21. The summed E-state index contributed by atoms with van der Waals surface area (Å²) in [5.74, 6) is 0.139. The van der Waals surface area contributed by atoms with E-state index in [1.54, 1.807) is 0 Å². The molecule has 0 bridgehead atoms. The van der Waals surface area contributed by atoms with Crippen LogP contribution in [0, 0.1) is 5.92 Å². The monoisotopic (exact) mass is 202 g/mol. The van der Waals surface area contributed by atoms with E-state index in [9.17, 15) is 4.79 Å². The van der Waals surface area contributed by atoms with Crippen molar-refractivity contribution in [3.05, 3.63) is 0 Å². The normalized spacial score (nSPS) is 13.9. The molecule has 0 aromatic carbocycles. The van der Waals surface area contributed by atoms with Crippen LogP contribution in [0.1, 0.15) is 33.1 Å². The number of carbonyl (C=O) groups excluding carboxylic acids is 1. The molecular formula is C10H22O2Si. The third kappa shape index (κ3) is 5.85. The quantitative estimate of drug-likeness (QED) is 0.640. The van der Waals surface area contributed by atoms with Gasteiger partial charge in [0.25, 0.3) is 5.97 Å². The van der Waals surface area contributed by atoms with Gasteiger partial charge in [-0.2, -0.15) is 0 Å². The van der Waals surface area contributed by atoms with Gasteiger partial charge in [0.15, 0.2) is 0 Å². The van der Waals surface area contributed by atoms with Crippen molar-refractivity contribution in [1.82, 2.24) is 0 Å². The van der Waals surface area contributed by atoms with Crippen LogP contribution in [-0.2, 0) is 9.22 Å². The molecule has 1 atom stereocenters. The van der Waals surface area contributed by atoms with Crippen LogP contribution in [-0.4, -0.2) is 14.3 Å². The minimum Gasteiger partial charge on any atom is -0.520 e. The largest absolute Gasteiger partial charge is 0.520 e. The summed E-state index contributed by atoms with van der Waals surface area (Å²) >= 11 is 0. The fourth-order valence-electron chi connectivity index (χ4n) is 1.22. The maximum absolute atomic E-state index is 11.6. The highest BCUT2D eigenvalue weighted by Crippen LogP contribution is 2.15. The van der Waals surface area contributed by atoms with E-state index in [0.717, 1.165) is 19.3 Å². The molecule has 0 saturated heterocycles. The van der Waals surface area contributed by atoms with Crippen LogP contribution in [0.2, 0.25) is 19.6 Å². The Morgan fingerprint density at radius 2 is 1.85 bits per heavy atom. The van der Waals surface area contributed by atoms with Crippen molar-refractivity contribution in [2.45, 2.75) is 52.8 Å². The fraction of sp³-hybridized carbons (Fsp3) is 0.900. The molecule has 0 spiro atoms. The van der Waals surface area contributed by atoms with E-state index in [0.29, 0.717) is 0 Å². The molecule has 13 heavy (non-hydrogen) atoms. The first kappa shape index (κ1) is 12.7. The van der Waals surface area contributed by atoms with E-state index in [1.807, 2.05) is 26.6 Å². The predicted octanol–water partition coefficient (Wildman–Crippen LogP) is 3.19. The molecule has 0 N–H and O–H groups in total. The molecule has 0 saturated carbocycles. The third-order valence-corrected chi connectivity index (χ3v) is 2.68. The number of rotatable bonds is 5. The Kier molecular flexibility index (Phi) is 5.29. The van der Waals surface area contributed by atoms with Crippen LogP contribution >= 0.6 is 0 Å². The van der Waals surface area contributed by atoms with Crippen LogP contribution in [0.15, 0.2) is 0 Å². The van der Waals surface area contributed by atoms with Crippen molar-refractivity contribution in [3.63, 3.8) is 0 Å². The molecule has 0 aliphatic heterocycles. The van der Waals surface area contributed by atoms with E-state index >= 15 is 0 Å². The van der Waals surface area contributed by atoms with E-state index in [2.05, 4.69) is 6.92 Å². The summed E-state index contributed by atoms with van der Waals surface area (Å²) in [6.45, 7) is 10.3. The number of carbonyl (C=O) groups is 1. The van der Waals surface area contributed by atoms with Crippen molar-refractivity contribution < 1.29 is 9.22 Å². The van der Waals surface area contributed by atoms with Gasteiger partial charge in [-0.05, 0) is 32.5 Å². The Morgan fingerprint density at radius 1 is 1.31 bits per heavy atom. The summed E-state index contributed by atoms with van der Waals surface area (Å²) in [6.07, 6.45) is 2.91. The van der Waals surface area contributed by atoms with Gasteiger partial charge in [-0.25, -0.2) is 0 Å². The fourth-order valence-corrected chi connectivity index (χ4v) is 1.99. The Labute approximate surface area is 82.8 Å². The van der Waals surface area contributed by atoms with E-state index in [1.165, 1.54) is 0 Å². The highest BCUT2D eigenvalue weighted by Gasteiger charge is 2.24. The smallest absolute Gasteiger partial charge is 0.295 e. The topological polar surface area (TPSA) is 26.3 Å². The zero-order chi connectivity index (χ0) is 10.5. The molecule has 0 aromatic rings. The molecule has 0 amide bonds. The predicted molar refractivity (Wildman–Crippen MR) is 58.1 cm³/mol. The summed E-state index contributed by atoms with van der Waals surface area (Å²) in [7, 11) is -1.68. The molecule has 0 aromatic heterocycles.